The van der Waals surface area contributed by atoms with E-state index in [1.54, 1.807) is 0 Å². The van der Waals surface area contributed by atoms with Gasteiger partial charge in [0.25, 0.3) is 0 Å². The summed E-state index contributed by atoms with van der Waals surface area (Å²) in [5, 5.41) is 12.0. The molecule has 2 rings (SSSR count). The molecule has 0 aromatic heterocycles. The molecular weight excluding hydrogens is 251 g/mol. The number of aromatic carboxylic acids is 1. The number of carboxylic acids is 1. The van der Waals surface area contributed by atoms with E-state index in [0.717, 1.165) is 0 Å². The Kier molecular flexibility index (Phi) is 3.69. The van der Waals surface area contributed by atoms with Crippen LogP contribution in [-0.2, 0) is 4.79 Å². The number of hydrogen-bond donors (Lipinski definition) is 2. The minimum absolute atomic E-state index is 0.0401. The first-order valence-electron chi connectivity index (χ1n) is 6.15. The van der Waals surface area contributed by atoms with Crippen LogP contribution in [0.2, 0.25) is 0 Å². The number of carbonyl (C=O) groups excluding carboxylic acids is 1. The van der Waals surface area contributed by atoms with Crippen molar-refractivity contribution in [1.82, 2.24) is 0 Å². The van der Waals surface area contributed by atoms with Crippen molar-refractivity contribution in [2.24, 2.45) is 0 Å². The van der Waals surface area contributed by atoms with E-state index < -0.39 is 17.3 Å². The van der Waals surface area contributed by atoms with Gasteiger partial charge in [-0.2, -0.15) is 0 Å². The molecule has 0 spiro atoms. The Morgan fingerprint density at radius 3 is 2.79 bits per heavy atom. The summed E-state index contributed by atoms with van der Waals surface area (Å²) in [7, 11) is 0. The number of amides is 1. The molecule has 1 saturated heterocycles. The molecule has 1 amide bonds. The molecule has 19 heavy (non-hydrogen) atoms. The smallest absolute Gasteiger partial charge is 0.338 e. The van der Waals surface area contributed by atoms with Crippen molar-refractivity contribution >= 4 is 23.3 Å². The minimum atomic E-state index is -1.34. The monoisotopic (exact) mass is 266 g/mol. The maximum Gasteiger partial charge on any atom is 0.338 e. The van der Waals surface area contributed by atoms with Crippen LogP contribution in [0.4, 0.5) is 15.8 Å². The van der Waals surface area contributed by atoms with E-state index in [1.165, 1.54) is 17.0 Å². The van der Waals surface area contributed by atoms with Crippen LogP contribution in [0.25, 0.3) is 0 Å². The maximum absolute atomic E-state index is 14.2. The largest absolute Gasteiger partial charge is 0.478 e. The molecular formula is C13H15FN2O3. The molecule has 5 nitrogen and oxygen atoms in total. The lowest BCUT2D eigenvalue weighted by Gasteiger charge is -2.19. The highest BCUT2D eigenvalue weighted by atomic mass is 19.1. The molecule has 0 radical (unpaired) electrons. The first-order chi connectivity index (χ1) is 9.04. The van der Waals surface area contributed by atoms with Gasteiger partial charge in [0.2, 0.25) is 5.91 Å². The van der Waals surface area contributed by atoms with E-state index in [1.807, 2.05) is 6.92 Å². The van der Waals surface area contributed by atoms with Gasteiger partial charge < -0.3 is 15.3 Å². The average Bonchev–Trinajstić information content (AvgIpc) is 2.77. The van der Waals surface area contributed by atoms with E-state index in [0.29, 0.717) is 31.6 Å². The number of benzene rings is 1. The standard InChI is InChI=1S/C13H15FN2O3/c1-2-15-8-6-9(13(18)19)12(14)10(7-8)16-5-3-4-11(16)17/h6-7,15H,2-5H2,1H3,(H,18,19). The second-order valence-corrected chi connectivity index (χ2v) is 4.34. The fourth-order valence-corrected chi connectivity index (χ4v) is 2.17. The Balaban J connectivity index is 2.51. The van der Waals surface area contributed by atoms with Crippen LogP contribution in [-0.4, -0.2) is 30.1 Å². The Morgan fingerprint density at radius 1 is 1.53 bits per heavy atom. The average molecular weight is 266 g/mol. The van der Waals surface area contributed by atoms with Crippen LogP contribution in [0.5, 0.6) is 0 Å². The molecule has 1 aliphatic heterocycles. The fourth-order valence-electron chi connectivity index (χ4n) is 2.17. The maximum atomic E-state index is 14.2. The molecule has 6 heteroatoms. The second-order valence-electron chi connectivity index (χ2n) is 4.34. The van der Waals surface area contributed by atoms with Gasteiger partial charge in [-0.3, -0.25) is 4.79 Å². The van der Waals surface area contributed by atoms with Gasteiger partial charge in [0.1, 0.15) is 0 Å². The van der Waals surface area contributed by atoms with Crippen molar-refractivity contribution < 1.29 is 19.1 Å². The van der Waals surface area contributed by atoms with Crippen LogP contribution in [0.3, 0.4) is 0 Å². The lowest BCUT2D eigenvalue weighted by Crippen LogP contribution is -2.25. The topological polar surface area (TPSA) is 69.6 Å². The molecule has 0 bridgehead atoms. The van der Waals surface area contributed by atoms with Crippen molar-refractivity contribution in [3.05, 3.63) is 23.5 Å². The number of anilines is 2. The van der Waals surface area contributed by atoms with Crippen molar-refractivity contribution in [2.45, 2.75) is 19.8 Å². The summed E-state index contributed by atoms with van der Waals surface area (Å²) in [6, 6.07) is 2.72. The quantitative estimate of drug-likeness (QED) is 0.875. The predicted octanol–water partition coefficient (Wildman–Crippen LogP) is 2.08. The van der Waals surface area contributed by atoms with E-state index in [2.05, 4.69) is 5.32 Å². The predicted molar refractivity (Wildman–Crippen MR) is 69.1 cm³/mol. The Labute approximate surface area is 110 Å². The van der Waals surface area contributed by atoms with Crippen LogP contribution in [0.15, 0.2) is 12.1 Å². The number of hydrogen-bond acceptors (Lipinski definition) is 3. The molecule has 0 aliphatic carbocycles. The summed E-state index contributed by atoms with van der Waals surface area (Å²) in [5.41, 5.74) is 0.113. The molecule has 1 aromatic rings. The van der Waals surface area contributed by atoms with E-state index >= 15 is 0 Å². The number of nitrogens with zero attached hydrogens (tertiary/aromatic N) is 1. The van der Waals surface area contributed by atoms with E-state index in [-0.39, 0.29) is 11.6 Å². The van der Waals surface area contributed by atoms with Crippen LogP contribution in [0, 0.1) is 5.82 Å². The van der Waals surface area contributed by atoms with Crippen molar-refractivity contribution in [3.63, 3.8) is 0 Å². The second kappa shape index (κ2) is 5.26. The summed E-state index contributed by atoms with van der Waals surface area (Å²) < 4.78 is 14.2. The molecule has 1 heterocycles. The zero-order chi connectivity index (χ0) is 14.0. The molecule has 1 aliphatic rings. The normalized spacial score (nSPS) is 14.8. The number of halogens is 1. The highest BCUT2D eigenvalue weighted by Gasteiger charge is 2.27. The number of carboxylic acid groups (broad SMARTS) is 1. The van der Waals surface area contributed by atoms with Crippen molar-refractivity contribution in [1.29, 1.82) is 0 Å². The Hall–Kier alpha value is -2.11. The van der Waals surface area contributed by atoms with Crippen molar-refractivity contribution in [3.8, 4) is 0 Å². The van der Waals surface area contributed by atoms with Gasteiger partial charge in [0.05, 0.1) is 11.3 Å². The third kappa shape index (κ3) is 2.52. The first kappa shape index (κ1) is 13.3. The minimum Gasteiger partial charge on any atom is -0.478 e. The lowest BCUT2D eigenvalue weighted by atomic mass is 10.1. The zero-order valence-electron chi connectivity index (χ0n) is 10.6. The molecule has 1 fully saturated rings. The van der Waals surface area contributed by atoms with Gasteiger partial charge in [-0.25, -0.2) is 9.18 Å². The van der Waals surface area contributed by atoms with Gasteiger partial charge in [0, 0.05) is 25.2 Å². The van der Waals surface area contributed by atoms with Gasteiger partial charge in [-0.1, -0.05) is 0 Å². The molecule has 102 valence electrons. The van der Waals surface area contributed by atoms with Gasteiger partial charge in [-0.15, -0.1) is 0 Å². The third-order valence-corrected chi connectivity index (χ3v) is 3.03. The van der Waals surface area contributed by atoms with Crippen molar-refractivity contribution in [2.75, 3.05) is 23.3 Å². The lowest BCUT2D eigenvalue weighted by molar-refractivity contribution is -0.117. The van der Waals surface area contributed by atoms with Crippen LogP contribution >= 0.6 is 0 Å². The first-order valence-corrected chi connectivity index (χ1v) is 6.15. The highest BCUT2D eigenvalue weighted by molar-refractivity contribution is 5.98. The van der Waals surface area contributed by atoms with E-state index in [4.69, 9.17) is 5.11 Å². The molecule has 1 aromatic carbocycles. The number of rotatable bonds is 4. The summed E-state index contributed by atoms with van der Waals surface area (Å²) in [6.45, 7) is 2.85. The van der Waals surface area contributed by atoms with E-state index in [9.17, 15) is 14.0 Å². The van der Waals surface area contributed by atoms with Gasteiger partial charge in [0.15, 0.2) is 5.82 Å². The van der Waals surface area contributed by atoms with Crippen LogP contribution < -0.4 is 10.2 Å². The third-order valence-electron chi connectivity index (χ3n) is 3.03. The molecule has 0 unspecified atom stereocenters. The fraction of sp³-hybridized carbons (Fsp3) is 0.385. The highest BCUT2D eigenvalue weighted by Crippen LogP contribution is 2.30. The van der Waals surface area contributed by atoms with Crippen LogP contribution in [0.1, 0.15) is 30.1 Å². The molecule has 0 atom stereocenters. The summed E-state index contributed by atoms with van der Waals surface area (Å²) in [6.07, 6.45) is 1.03. The van der Waals surface area contributed by atoms with Gasteiger partial charge >= 0.3 is 5.97 Å². The Morgan fingerprint density at radius 2 is 2.26 bits per heavy atom. The summed E-state index contributed by atoms with van der Waals surface area (Å²) in [5.74, 6) is -2.38. The molecule has 2 N–H and O–H groups in total. The Bertz CT molecular complexity index is 531. The number of nitrogens with one attached hydrogen (secondary N) is 1. The SMILES string of the molecule is CCNc1cc(C(=O)O)c(F)c(N2CCCC2=O)c1. The number of carbonyl (C=O) groups is 2. The zero-order valence-corrected chi connectivity index (χ0v) is 10.6. The van der Waals surface area contributed by atoms with Gasteiger partial charge in [-0.05, 0) is 25.5 Å². The summed E-state index contributed by atoms with van der Waals surface area (Å²) >= 11 is 0. The molecule has 0 saturated carbocycles. The summed E-state index contributed by atoms with van der Waals surface area (Å²) in [4.78, 5) is 24.0.